The second-order valence-corrected chi connectivity index (χ2v) is 5.37. The number of rotatable bonds is 6. The van der Waals surface area contributed by atoms with E-state index in [9.17, 15) is 13.2 Å². The molecule has 25 heavy (non-hydrogen) atoms. The smallest absolute Gasteiger partial charge is 0.388 e. The fraction of sp³-hybridized carbons (Fsp3) is 0.500. The molecule has 2 aromatic rings. The number of halogens is 3. The summed E-state index contributed by atoms with van der Waals surface area (Å²) >= 11 is 0. The summed E-state index contributed by atoms with van der Waals surface area (Å²) < 4.78 is 48.0. The van der Waals surface area contributed by atoms with Crippen LogP contribution in [0.2, 0.25) is 0 Å². The van der Waals surface area contributed by atoms with Crippen molar-refractivity contribution in [3.05, 3.63) is 18.5 Å². The average Bonchev–Trinajstić information content (AvgIpc) is 2.89. The van der Waals surface area contributed by atoms with Crippen molar-refractivity contribution >= 4 is 11.6 Å². The van der Waals surface area contributed by atoms with E-state index in [1.807, 2.05) is 0 Å². The minimum absolute atomic E-state index is 0.170. The SMILES string of the molecule is FC(F)Oc1cc(Nc2cncc(OC3CCNCCC3F)n2)[nH]n1. The van der Waals surface area contributed by atoms with Crippen molar-refractivity contribution in [2.75, 3.05) is 18.4 Å². The largest absolute Gasteiger partial charge is 0.470 e. The van der Waals surface area contributed by atoms with E-state index >= 15 is 0 Å². The minimum Gasteiger partial charge on any atom is -0.470 e. The Morgan fingerprint density at radius 2 is 2.04 bits per heavy atom. The van der Waals surface area contributed by atoms with Crippen LogP contribution >= 0.6 is 0 Å². The molecule has 3 heterocycles. The maximum absolute atomic E-state index is 14.0. The highest BCUT2D eigenvalue weighted by Crippen LogP contribution is 2.21. The normalized spacial score (nSPS) is 21.0. The molecule has 0 saturated carbocycles. The fourth-order valence-corrected chi connectivity index (χ4v) is 2.39. The Morgan fingerprint density at radius 3 is 2.88 bits per heavy atom. The van der Waals surface area contributed by atoms with Gasteiger partial charge >= 0.3 is 6.61 Å². The molecule has 1 fully saturated rings. The first-order valence-corrected chi connectivity index (χ1v) is 7.71. The standard InChI is InChI=1S/C14H17F3N6O2/c15-8-1-3-18-4-2-9(8)24-13-7-19-6-11(21-13)20-10-5-12(23-22-10)25-14(16)17/h5-9,14,18H,1-4H2,(H2,20,21,22,23). The lowest BCUT2D eigenvalue weighted by atomic mass is 10.1. The Bertz CT molecular complexity index is 686. The van der Waals surface area contributed by atoms with E-state index < -0.39 is 18.9 Å². The number of hydrogen-bond donors (Lipinski definition) is 3. The first-order valence-electron chi connectivity index (χ1n) is 7.71. The number of alkyl halides is 3. The summed E-state index contributed by atoms with van der Waals surface area (Å²) in [6.45, 7) is -1.69. The van der Waals surface area contributed by atoms with E-state index in [0.29, 0.717) is 25.9 Å². The molecular formula is C14H17F3N6O2. The second kappa shape index (κ2) is 8.01. The molecule has 0 aromatic carbocycles. The molecule has 3 rings (SSSR count). The number of anilines is 2. The van der Waals surface area contributed by atoms with Crippen LogP contribution in [-0.4, -0.2) is 52.1 Å². The Morgan fingerprint density at radius 1 is 1.20 bits per heavy atom. The van der Waals surface area contributed by atoms with Gasteiger partial charge in [0.05, 0.1) is 12.4 Å². The lowest BCUT2D eigenvalue weighted by Crippen LogP contribution is -2.28. The Balaban J connectivity index is 1.63. The lowest BCUT2D eigenvalue weighted by Gasteiger charge is -2.19. The van der Waals surface area contributed by atoms with Gasteiger partial charge in [-0.25, -0.2) is 4.39 Å². The van der Waals surface area contributed by atoms with Crippen molar-refractivity contribution in [2.24, 2.45) is 0 Å². The van der Waals surface area contributed by atoms with Crippen LogP contribution < -0.4 is 20.1 Å². The van der Waals surface area contributed by atoms with E-state index in [0.717, 1.165) is 0 Å². The Kier molecular flexibility index (Phi) is 5.53. The third-order valence-electron chi connectivity index (χ3n) is 3.52. The number of nitrogens with one attached hydrogen (secondary N) is 3. The van der Waals surface area contributed by atoms with Gasteiger partial charge in [-0.3, -0.25) is 10.1 Å². The molecule has 3 N–H and O–H groups in total. The number of hydrogen-bond acceptors (Lipinski definition) is 7. The van der Waals surface area contributed by atoms with Gasteiger partial charge in [0, 0.05) is 6.07 Å². The van der Waals surface area contributed by atoms with Crippen LogP contribution in [-0.2, 0) is 0 Å². The van der Waals surface area contributed by atoms with Crippen LogP contribution in [0.15, 0.2) is 18.5 Å². The van der Waals surface area contributed by atoms with Crippen molar-refractivity contribution in [1.82, 2.24) is 25.5 Å². The van der Waals surface area contributed by atoms with Crippen LogP contribution in [0.1, 0.15) is 12.8 Å². The zero-order valence-electron chi connectivity index (χ0n) is 13.1. The molecule has 0 radical (unpaired) electrons. The summed E-state index contributed by atoms with van der Waals surface area (Å²) in [5.74, 6) is 0.475. The second-order valence-electron chi connectivity index (χ2n) is 5.37. The molecule has 1 aliphatic heterocycles. The summed E-state index contributed by atoms with van der Waals surface area (Å²) in [7, 11) is 0. The van der Waals surface area contributed by atoms with Crippen LogP contribution in [0.4, 0.5) is 24.8 Å². The fourth-order valence-electron chi connectivity index (χ4n) is 2.39. The summed E-state index contributed by atoms with van der Waals surface area (Å²) in [5.41, 5.74) is 0. The number of aromatic amines is 1. The molecule has 2 unspecified atom stereocenters. The van der Waals surface area contributed by atoms with Gasteiger partial charge in [-0.05, 0) is 25.9 Å². The topological polar surface area (TPSA) is 97.0 Å². The molecule has 0 amide bonds. The molecule has 2 atom stereocenters. The number of ether oxygens (including phenoxy) is 2. The maximum Gasteiger partial charge on any atom is 0.388 e. The molecule has 0 spiro atoms. The van der Waals surface area contributed by atoms with Gasteiger partial charge < -0.3 is 20.1 Å². The number of aromatic nitrogens is 4. The predicted molar refractivity (Wildman–Crippen MR) is 82.0 cm³/mol. The van der Waals surface area contributed by atoms with Crippen LogP contribution in [0, 0.1) is 0 Å². The minimum atomic E-state index is -2.96. The Labute approximate surface area is 141 Å². The third-order valence-corrected chi connectivity index (χ3v) is 3.52. The van der Waals surface area contributed by atoms with Gasteiger partial charge in [0.15, 0.2) is 5.82 Å². The summed E-state index contributed by atoms with van der Waals surface area (Å²) in [5, 5.41) is 11.9. The van der Waals surface area contributed by atoms with Gasteiger partial charge in [-0.1, -0.05) is 0 Å². The number of nitrogens with zero attached hydrogens (tertiary/aromatic N) is 3. The highest BCUT2D eigenvalue weighted by molar-refractivity contribution is 5.51. The molecule has 8 nitrogen and oxygen atoms in total. The summed E-state index contributed by atoms with van der Waals surface area (Å²) in [4.78, 5) is 8.15. The van der Waals surface area contributed by atoms with Gasteiger partial charge in [0.1, 0.15) is 18.1 Å². The zero-order chi connectivity index (χ0) is 17.6. The predicted octanol–water partition coefficient (Wildman–Crippen LogP) is 2.01. The van der Waals surface area contributed by atoms with Gasteiger partial charge in [-0.2, -0.15) is 13.8 Å². The molecular weight excluding hydrogens is 341 g/mol. The number of H-pyrrole nitrogens is 1. The Hall–Kier alpha value is -2.56. The maximum atomic E-state index is 14.0. The van der Waals surface area contributed by atoms with Crippen LogP contribution in [0.3, 0.4) is 0 Å². The monoisotopic (exact) mass is 358 g/mol. The van der Waals surface area contributed by atoms with E-state index in [1.54, 1.807) is 0 Å². The van der Waals surface area contributed by atoms with Gasteiger partial charge in [0.25, 0.3) is 0 Å². The molecule has 1 saturated heterocycles. The van der Waals surface area contributed by atoms with Gasteiger partial charge in [0.2, 0.25) is 11.8 Å². The highest BCUT2D eigenvalue weighted by Gasteiger charge is 2.25. The average molecular weight is 358 g/mol. The van der Waals surface area contributed by atoms with E-state index in [4.69, 9.17) is 4.74 Å². The lowest BCUT2D eigenvalue weighted by molar-refractivity contribution is -0.0528. The van der Waals surface area contributed by atoms with E-state index in [2.05, 4.69) is 35.5 Å². The first-order chi connectivity index (χ1) is 12.1. The first kappa shape index (κ1) is 17.3. The van der Waals surface area contributed by atoms with Crippen molar-refractivity contribution in [2.45, 2.75) is 31.7 Å². The van der Waals surface area contributed by atoms with Gasteiger partial charge in [-0.15, -0.1) is 5.10 Å². The molecule has 11 heteroatoms. The van der Waals surface area contributed by atoms with Crippen molar-refractivity contribution in [3.8, 4) is 11.8 Å². The van der Waals surface area contributed by atoms with Crippen molar-refractivity contribution in [1.29, 1.82) is 0 Å². The molecule has 136 valence electrons. The molecule has 0 aliphatic carbocycles. The van der Waals surface area contributed by atoms with E-state index in [-0.39, 0.29) is 23.4 Å². The van der Waals surface area contributed by atoms with E-state index in [1.165, 1.54) is 18.5 Å². The summed E-state index contributed by atoms with van der Waals surface area (Å²) in [6.07, 6.45) is 2.00. The molecule has 2 aromatic heterocycles. The quantitative estimate of drug-likeness (QED) is 0.727. The third kappa shape index (κ3) is 4.95. The molecule has 1 aliphatic rings. The summed E-state index contributed by atoms with van der Waals surface area (Å²) in [6, 6.07) is 1.25. The van der Waals surface area contributed by atoms with Crippen molar-refractivity contribution < 1.29 is 22.6 Å². The zero-order valence-corrected chi connectivity index (χ0v) is 13.1. The molecule has 0 bridgehead atoms. The van der Waals surface area contributed by atoms with Crippen LogP contribution in [0.5, 0.6) is 11.8 Å². The van der Waals surface area contributed by atoms with Crippen LogP contribution in [0.25, 0.3) is 0 Å². The highest BCUT2D eigenvalue weighted by atomic mass is 19.3. The van der Waals surface area contributed by atoms with Crippen molar-refractivity contribution in [3.63, 3.8) is 0 Å².